The molecule has 22 heteroatoms. The van der Waals surface area contributed by atoms with E-state index in [0.717, 1.165) is 35.8 Å². The van der Waals surface area contributed by atoms with Crippen LogP contribution in [-0.4, -0.2) is 59.5 Å². The van der Waals surface area contributed by atoms with Crippen LogP contribution in [0.25, 0.3) is 38.6 Å². The van der Waals surface area contributed by atoms with Crippen molar-refractivity contribution in [2.24, 2.45) is 13.0 Å². The van der Waals surface area contributed by atoms with Gasteiger partial charge in [-0.15, -0.1) is 0 Å². The third kappa shape index (κ3) is 7.10. The van der Waals surface area contributed by atoms with Crippen LogP contribution in [0.5, 0.6) is 0 Å². The summed E-state index contributed by atoms with van der Waals surface area (Å²) in [5.74, 6) is -8.95. The maximum Gasteiger partial charge on any atom is 0.293 e. The summed E-state index contributed by atoms with van der Waals surface area (Å²) < 4.78 is 121. The van der Waals surface area contributed by atoms with Gasteiger partial charge in [-0.3, -0.25) is 32.9 Å². The summed E-state index contributed by atoms with van der Waals surface area (Å²) in [6.07, 6.45) is 2.73. The molecule has 3 aromatic carbocycles. The standard InChI is InChI=1S/C41H33ClF6N10O4S/c1-55-35-30(8-7-27(42)33(35)38(53-55)54-63(2,61)62)58-39(51-28-12-19(3-6-24(28)40(58)60)20-15-49-56(16-20)23-4-5-23)29(11-18-9-21(43)13-22(44)10-18)50-31(59)17-57-36-32(34(52-57)37(45)46)25-14-26(25)41(36,47)48/h3,6-10,12-13,15-16,23,25-26,29,37H,4-5,11,14,17H2,1-2H3,(H,50,59)(H,53,54)/t25-,26+,29-/m0/s1. The highest BCUT2D eigenvalue weighted by Gasteiger charge is 2.67. The minimum atomic E-state index is -3.91. The molecule has 0 bridgehead atoms. The number of amides is 1. The van der Waals surface area contributed by atoms with Gasteiger partial charge in [0.25, 0.3) is 17.9 Å². The SMILES string of the molecule is Cn1nc(NS(C)(=O)=O)c2c(Cl)ccc(-n3c([C@H](Cc4cc(F)cc(F)c4)NC(=O)Cn4nc(C(F)F)c5c4C(F)(F)[C@@H]4C[C@H]54)nc4cc(-c5cnn(C6CC6)c5)ccc4c3=O)c21. The number of nitrogens with one attached hydrogen (secondary N) is 2. The van der Waals surface area contributed by atoms with Crippen LogP contribution in [0.1, 0.15) is 72.0 Å². The van der Waals surface area contributed by atoms with Gasteiger partial charge < -0.3 is 5.32 Å². The number of nitrogens with zero attached hydrogens (tertiary/aromatic N) is 8. The van der Waals surface area contributed by atoms with E-state index in [9.17, 15) is 30.8 Å². The largest absolute Gasteiger partial charge is 0.344 e. The van der Waals surface area contributed by atoms with Gasteiger partial charge in [0, 0.05) is 42.8 Å². The third-order valence-electron chi connectivity index (χ3n) is 11.7. The van der Waals surface area contributed by atoms with Gasteiger partial charge in [0.2, 0.25) is 15.9 Å². The van der Waals surface area contributed by atoms with E-state index in [0.29, 0.717) is 21.9 Å². The average Bonchev–Trinajstić information content (AvgIpc) is 4.07. The van der Waals surface area contributed by atoms with E-state index in [1.165, 1.54) is 23.9 Å². The minimum absolute atomic E-state index is 0.0000544. The highest BCUT2D eigenvalue weighted by molar-refractivity contribution is 7.92. The highest BCUT2D eigenvalue weighted by Crippen LogP contribution is 2.68. The summed E-state index contributed by atoms with van der Waals surface area (Å²) in [5.41, 5.74) is -1.04. The van der Waals surface area contributed by atoms with Gasteiger partial charge in [-0.2, -0.15) is 24.1 Å². The van der Waals surface area contributed by atoms with Crippen molar-refractivity contribution in [3.8, 4) is 16.8 Å². The maximum atomic E-state index is 15.5. The van der Waals surface area contributed by atoms with Crippen molar-refractivity contribution in [2.75, 3.05) is 11.0 Å². The molecule has 1 amide bonds. The van der Waals surface area contributed by atoms with E-state index in [-0.39, 0.29) is 67.7 Å². The van der Waals surface area contributed by atoms with Crippen molar-refractivity contribution in [3.05, 3.63) is 116 Å². The molecular weight excluding hydrogens is 878 g/mol. The monoisotopic (exact) mass is 910 g/mol. The number of sulfonamides is 1. The average molecular weight is 911 g/mol. The smallest absolute Gasteiger partial charge is 0.293 e. The van der Waals surface area contributed by atoms with Gasteiger partial charge in [-0.25, -0.2) is 31.0 Å². The summed E-state index contributed by atoms with van der Waals surface area (Å²) in [6.45, 7) is -0.974. The highest BCUT2D eigenvalue weighted by atomic mass is 35.5. The van der Waals surface area contributed by atoms with Gasteiger partial charge in [0.1, 0.15) is 35.4 Å². The first-order valence-electron chi connectivity index (χ1n) is 19.6. The van der Waals surface area contributed by atoms with E-state index in [1.807, 2.05) is 10.9 Å². The molecule has 4 aromatic heterocycles. The van der Waals surface area contributed by atoms with Crippen molar-refractivity contribution in [1.82, 2.24) is 44.2 Å². The second kappa shape index (κ2) is 14.4. The fraction of sp³-hybridized carbons (Fsp3) is 0.317. The molecule has 10 rings (SSSR count). The quantitative estimate of drug-likeness (QED) is 0.122. The molecule has 0 unspecified atom stereocenters. The zero-order valence-corrected chi connectivity index (χ0v) is 34.5. The Bertz CT molecular complexity index is 3230. The van der Waals surface area contributed by atoms with E-state index >= 15 is 13.6 Å². The van der Waals surface area contributed by atoms with Crippen LogP contribution < -0.4 is 15.6 Å². The molecule has 3 atom stereocenters. The number of carbonyl (C=O) groups excluding carboxylic acids is 1. The third-order valence-corrected chi connectivity index (χ3v) is 12.5. The van der Waals surface area contributed by atoms with Crippen LogP contribution in [0.4, 0.5) is 32.2 Å². The minimum Gasteiger partial charge on any atom is -0.344 e. The molecule has 3 aliphatic rings. The van der Waals surface area contributed by atoms with Crippen molar-refractivity contribution >= 4 is 55.2 Å². The first-order valence-corrected chi connectivity index (χ1v) is 21.9. The number of carbonyl (C=O) groups is 1. The second-order valence-corrected chi connectivity index (χ2v) is 18.4. The predicted molar refractivity (Wildman–Crippen MR) is 217 cm³/mol. The number of rotatable bonds is 12. The summed E-state index contributed by atoms with van der Waals surface area (Å²) >= 11 is 6.64. The Morgan fingerprint density at radius 3 is 2.48 bits per heavy atom. The van der Waals surface area contributed by atoms with Crippen molar-refractivity contribution < 1.29 is 39.6 Å². The Morgan fingerprint density at radius 1 is 1.03 bits per heavy atom. The van der Waals surface area contributed by atoms with Gasteiger partial charge in [0.15, 0.2) is 5.82 Å². The van der Waals surface area contributed by atoms with Gasteiger partial charge in [-0.1, -0.05) is 17.7 Å². The normalized spacial score (nSPS) is 18.3. The fourth-order valence-corrected chi connectivity index (χ4v) is 9.52. The zero-order chi connectivity index (χ0) is 44.4. The number of halogens is 7. The molecule has 2 N–H and O–H groups in total. The maximum absolute atomic E-state index is 15.5. The summed E-state index contributed by atoms with van der Waals surface area (Å²) in [5, 5.41) is 15.4. The van der Waals surface area contributed by atoms with E-state index in [4.69, 9.17) is 16.6 Å². The number of benzene rings is 3. The van der Waals surface area contributed by atoms with Crippen LogP contribution in [0.2, 0.25) is 5.02 Å². The lowest BCUT2D eigenvalue weighted by Crippen LogP contribution is -2.38. The van der Waals surface area contributed by atoms with Gasteiger partial charge >= 0.3 is 0 Å². The van der Waals surface area contributed by atoms with Crippen molar-refractivity contribution in [3.63, 3.8) is 0 Å². The molecule has 4 heterocycles. The molecule has 3 aliphatic carbocycles. The van der Waals surface area contributed by atoms with Crippen LogP contribution in [0, 0.1) is 17.6 Å². The molecule has 7 aromatic rings. The topological polar surface area (TPSA) is 164 Å². The molecule has 326 valence electrons. The second-order valence-electron chi connectivity index (χ2n) is 16.2. The lowest BCUT2D eigenvalue weighted by molar-refractivity contribution is -0.123. The molecule has 0 saturated heterocycles. The summed E-state index contributed by atoms with van der Waals surface area (Å²) in [7, 11) is -2.44. The molecule has 0 spiro atoms. The number of fused-ring (bicyclic) bond motifs is 5. The lowest BCUT2D eigenvalue weighted by atomic mass is 10.0. The molecule has 14 nitrogen and oxygen atoms in total. The number of alkyl halides is 4. The van der Waals surface area contributed by atoms with Crippen LogP contribution in [0.3, 0.4) is 0 Å². The molecule has 2 saturated carbocycles. The van der Waals surface area contributed by atoms with Crippen LogP contribution in [0.15, 0.2) is 65.7 Å². The van der Waals surface area contributed by atoms with Crippen molar-refractivity contribution in [1.29, 1.82) is 0 Å². The number of aromatic nitrogens is 8. The molecule has 2 fully saturated rings. The van der Waals surface area contributed by atoms with E-state index in [1.54, 1.807) is 24.4 Å². The Labute approximate surface area is 357 Å². The lowest BCUT2D eigenvalue weighted by Gasteiger charge is -2.24. The Kier molecular flexibility index (Phi) is 9.34. The Balaban J connectivity index is 1.17. The van der Waals surface area contributed by atoms with Crippen molar-refractivity contribution in [2.45, 2.75) is 62.6 Å². The number of aryl methyl sites for hydroxylation is 1. The molecule has 63 heavy (non-hydrogen) atoms. The number of hydrogen-bond acceptors (Lipinski definition) is 8. The van der Waals surface area contributed by atoms with Crippen LogP contribution >= 0.6 is 11.6 Å². The molecular formula is C41H33ClF6N10O4S. The summed E-state index contributed by atoms with van der Waals surface area (Å²) in [4.78, 5) is 34.1. The fourth-order valence-electron chi connectivity index (χ4n) is 8.79. The van der Waals surface area contributed by atoms with E-state index < -0.39 is 87.7 Å². The Morgan fingerprint density at radius 2 is 1.78 bits per heavy atom. The van der Waals surface area contributed by atoms with Crippen LogP contribution in [-0.2, 0) is 40.8 Å². The van der Waals surface area contributed by atoms with E-state index in [2.05, 4.69) is 25.3 Å². The van der Waals surface area contributed by atoms with Gasteiger partial charge in [-0.05, 0) is 72.7 Å². The zero-order valence-electron chi connectivity index (χ0n) is 33.0. The first kappa shape index (κ1) is 40.8. The predicted octanol–water partition coefficient (Wildman–Crippen LogP) is 7.22. The Hall–Kier alpha value is -6.22. The first-order chi connectivity index (χ1) is 29.9. The number of anilines is 1. The number of hydrogen-bond donors (Lipinski definition) is 2. The van der Waals surface area contributed by atoms with Gasteiger partial charge in [0.05, 0.1) is 57.1 Å². The molecule has 0 aliphatic heterocycles. The summed E-state index contributed by atoms with van der Waals surface area (Å²) in [6, 6.07) is 9.07. The molecule has 0 radical (unpaired) electrons.